The van der Waals surface area contributed by atoms with E-state index in [-0.39, 0.29) is 13.2 Å². The Labute approximate surface area is 111 Å². The summed E-state index contributed by atoms with van der Waals surface area (Å²) in [5, 5.41) is 0.317. The topological polar surface area (TPSA) is 81.3 Å². The third kappa shape index (κ3) is 4.46. The van der Waals surface area contributed by atoms with Gasteiger partial charge in [-0.2, -0.15) is 0 Å². The molecule has 100 valence electrons. The van der Waals surface area contributed by atoms with Crippen LogP contribution >= 0.6 is 11.6 Å². The van der Waals surface area contributed by atoms with E-state index in [2.05, 4.69) is 9.97 Å². The number of ether oxygens (including phenoxy) is 1. The first-order chi connectivity index (χ1) is 8.56. The second-order valence-corrected chi connectivity index (χ2v) is 3.97. The Bertz CT molecular complexity index is 414. The molecular weight excluding hydrogens is 256 g/mol. The number of carbonyl (C=O) groups excluding carboxylic acids is 1. The van der Waals surface area contributed by atoms with Gasteiger partial charge in [0.15, 0.2) is 5.82 Å². The molecule has 0 bridgehead atoms. The number of primary amides is 1. The van der Waals surface area contributed by atoms with Crippen LogP contribution in [0, 0.1) is 0 Å². The molecule has 0 fully saturated rings. The Balaban J connectivity index is 2.91. The summed E-state index contributed by atoms with van der Waals surface area (Å²) in [6.07, 6.45) is 0. The number of hydrogen-bond donors (Lipinski definition) is 1. The van der Waals surface area contributed by atoms with Crippen molar-refractivity contribution in [2.75, 3.05) is 24.6 Å². The predicted molar refractivity (Wildman–Crippen MR) is 69.5 cm³/mol. The first-order valence-electron chi connectivity index (χ1n) is 5.71. The summed E-state index contributed by atoms with van der Waals surface area (Å²) in [7, 11) is 0. The van der Waals surface area contributed by atoms with E-state index in [0.717, 1.165) is 0 Å². The molecule has 1 heterocycles. The minimum atomic E-state index is -0.419. The number of likely N-dealkylation sites (N-methyl/N-ethyl adjacent to an activating group) is 1. The fourth-order valence-corrected chi connectivity index (χ4v) is 1.61. The van der Waals surface area contributed by atoms with Crippen molar-refractivity contribution in [3.63, 3.8) is 0 Å². The molecule has 7 heteroatoms. The first kappa shape index (κ1) is 14.7. The minimum Gasteiger partial charge on any atom is -0.374 e. The van der Waals surface area contributed by atoms with E-state index >= 15 is 0 Å². The van der Waals surface area contributed by atoms with Gasteiger partial charge in [-0.15, -0.1) is 0 Å². The molecule has 0 saturated carbocycles. The van der Waals surface area contributed by atoms with Crippen LogP contribution in [0.4, 0.5) is 5.82 Å². The van der Waals surface area contributed by atoms with Gasteiger partial charge in [-0.05, 0) is 13.8 Å². The van der Waals surface area contributed by atoms with Gasteiger partial charge in [0.2, 0.25) is 5.91 Å². The Kier molecular flexibility index (Phi) is 5.80. The van der Waals surface area contributed by atoms with Gasteiger partial charge in [0.05, 0.1) is 6.54 Å². The van der Waals surface area contributed by atoms with Crippen molar-refractivity contribution in [1.29, 1.82) is 0 Å². The van der Waals surface area contributed by atoms with Gasteiger partial charge < -0.3 is 15.4 Å². The summed E-state index contributed by atoms with van der Waals surface area (Å²) in [6, 6.07) is 1.60. The van der Waals surface area contributed by atoms with E-state index in [1.165, 1.54) is 0 Å². The van der Waals surface area contributed by atoms with Crippen LogP contribution in [0.15, 0.2) is 6.07 Å². The molecule has 0 aliphatic rings. The number of rotatable bonds is 7. The van der Waals surface area contributed by atoms with Gasteiger partial charge in [0.25, 0.3) is 0 Å². The van der Waals surface area contributed by atoms with Crippen molar-refractivity contribution in [3.05, 3.63) is 17.0 Å². The monoisotopic (exact) mass is 272 g/mol. The molecule has 1 rings (SSSR count). The van der Waals surface area contributed by atoms with Gasteiger partial charge in [0.1, 0.15) is 17.6 Å². The van der Waals surface area contributed by atoms with Gasteiger partial charge in [-0.3, -0.25) is 4.79 Å². The molecular formula is C11H17ClN4O2. The van der Waals surface area contributed by atoms with E-state index in [4.69, 9.17) is 22.1 Å². The van der Waals surface area contributed by atoms with Crippen molar-refractivity contribution in [2.24, 2.45) is 5.73 Å². The number of nitrogens with zero attached hydrogens (tertiary/aromatic N) is 3. The minimum absolute atomic E-state index is 0.0952. The molecule has 0 saturated heterocycles. The van der Waals surface area contributed by atoms with Crippen LogP contribution in [0.3, 0.4) is 0 Å². The summed E-state index contributed by atoms with van der Waals surface area (Å²) >= 11 is 5.92. The molecule has 1 amide bonds. The summed E-state index contributed by atoms with van der Waals surface area (Å²) in [5.74, 6) is 0.645. The average molecular weight is 273 g/mol. The number of hydrogen-bond acceptors (Lipinski definition) is 5. The van der Waals surface area contributed by atoms with E-state index in [0.29, 0.717) is 29.9 Å². The second kappa shape index (κ2) is 7.13. The molecule has 2 N–H and O–H groups in total. The maximum absolute atomic E-state index is 11.0. The zero-order valence-corrected chi connectivity index (χ0v) is 11.3. The number of carbonyl (C=O) groups is 1. The molecule has 0 atom stereocenters. The van der Waals surface area contributed by atoms with Crippen molar-refractivity contribution in [1.82, 2.24) is 9.97 Å². The molecule has 0 aliphatic heterocycles. The molecule has 0 unspecified atom stereocenters. The smallest absolute Gasteiger partial charge is 0.236 e. The fourth-order valence-electron chi connectivity index (χ4n) is 1.41. The van der Waals surface area contributed by atoms with E-state index < -0.39 is 5.91 Å². The van der Waals surface area contributed by atoms with Gasteiger partial charge >= 0.3 is 0 Å². The number of halogens is 1. The molecule has 18 heavy (non-hydrogen) atoms. The number of amides is 1. The quantitative estimate of drug-likeness (QED) is 0.748. The SMILES string of the molecule is CCOCc1nc(Cl)cc(N(CC)CC(N)=O)n1. The van der Waals surface area contributed by atoms with Crippen LogP contribution < -0.4 is 10.6 Å². The Morgan fingerprint density at radius 3 is 2.78 bits per heavy atom. The number of aromatic nitrogens is 2. The lowest BCUT2D eigenvalue weighted by molar-refractivity contribution is -0.116. The predicted octanol–water partition coefficient (Wildman–Crippen LogP) is 0.978. The van der Waals surface area contributed by atoms with Crippen molar-refractivity contribution >= 4 is 23.3 Å². The third-order valence-electron chi connectivity index (χ3n) is 2.22. The standard InChI is InChI=1S/C11H17ClN4O2/c1-3-16(6-9(13)17)11-5-8(12)14-10(15-11)7-18-4-2/h5H,3-4,6-7H2,1-2H3,(H2,13,17). The molecule has 1 aromatic rings. The lowest BCUT2D eigenvalue weighted by Gasteiger charge is -2.20. The van der Waals surface area contributed by atoms with Crippen LogP contribution in [-0.4, -0.2) is 35.6 Å². The third-order valence-corrected chi connectivity index (χ3v) is 2.41. The summed E-state index contributed by atoms with van der Waals surface area (Å²) in [6.45, 7) is 5.35. The zero-order chi connectivity index (χ0) is 13.5. The van der Waals surface area contributed by atoms with Crippen LogP contribution in [0.5, 0.6) is 0 Å². The highest BCUT2D eigenvalue weighted by molar-refractivity contribution is 6.29. The average Bonchev–Trinajstić information content (AvgIpc) is 2.32. The van der Waals surface area contributed by atoms with Crippen molar-refractivity contribution in [2.45, 2.75) is 20.5 Å². The van der Waals surface area contributed by atoms with Crippen LogP contribution in [0.25, 0.3) is 0 Å². The summed E-state index contributed by atoms with van der Waals surface area (Å²) < 4.78 is 5.23. The lowest BCUT2D eigenvalue weighted by Crippen LogP contribution is -2.34. The molecule has 0 spiro atoms. The molecule has 0 radical (unpaired) electrons. The summed E-state index contributed by atoms with van der Waals surface area (Å²) in [4.78, 5) is 21.0. The normalized spacial score (nSPS) is 10.4. The number of anilines is 1. The molecule has 0 aliphatic carbocycles. The van der Waals surface area contributed by atoms with Gasteiger partial charge in [-0.1, -0.05) is 11.6 Å². The highest BCUT2D eigenvalue weighted by Crippen LogP contribution is 2.16. The molecule has 1 aromatic heterocycles. The fraction of sp³-hybridized carbons (Fsp3) is 0.545. The van der Waals surface area contributed by atoms with E-state index in [1.807, 2.05) is 13.8 Å². The van der Waals surface area contributed by atoms with Crippen molar-refractivity contribution in [3.8, 4) is 0 Å². The van der Waals surface area contributed by atoms with Crippen LogP contribution in [0.2, 0.25) is 5.15 Å². The van der Waals surface area contributed by atoms with E-state index in [1.54, 1.807) is 11.0 Å². The van der Waals surface area contributed by atoms with Crippen LogP contribution in [-0.2, 0) is 16.1 Å². The first-order valence-corrected chi connectivity index (χ1v) is 6.09. The van der Waals surface area contributed by atoms with Crippen molar-refractivity contribution < 1.29 is 9.53 Å². The highest BCUT2D eigenvalue weighted by Gasteiger charge is 2.11. The van der Waals surface area contributed by atoms with Gasteiger partial charge in [-0.25, -0.2) is 9.97 Å². The van der Waals surface area contributed by atoms with E-state index in [9.17, 15) is 4.79 Å². The molecule has 6 nitrogen and oxygen atoms in total. The Morgan fingerprint density at radius 2 is 2.22 bits per heavy atom. The molecule has 0 aromatic carbocycles. The number of nitrogens with two attached hydrogens (primary N) is 1. The zero-order valence-electron chi connectivity index (χ0n) is 10.5. The van der Waals surface area contributed by atoms with Gasteiger partial charge in [0, 0.05) is 19.2 Å². The lowest BCUT2D eigenvalue weighted by atomic mass is 10.4. The summed E-state index contributed by atoms with van der Waals surface area (Å²) in [5.41, 5.74) is 5.18. The Hall–Kier alpha value is -1.40. The maximum atomic E-state index is 11.0. The Morgan fingerprint density at radius 1 is 1.50 bits per heavy atom. The largest absolute Gasteiger partial charge is 0.374 e. The van der Waals surface area contributed by atoms with Crippen LogP contribution in [0.1, 0.15) is 19.7 Å². The maximum Gasteiger partial charge on any atom is 0.236 e. The highest BCUT2D eigenvalue weighted by atomic mass is 35.5. The second-order valence-electron chi connectivity index (χ2n) is 3.58.